The van der Waals surface area contributed by atoms with Gasteiger partial charge in [0.15, 0.2) is 11.6 Å². The van der Waals surface area contributed by atoms with E-state index in [4.69, 9.17) is 0 Å². The summed E-state index contributed by atoms with van der Waals surface area (Å²) in [5, 5.41) is 0. The van der Waals surface area contributed by atoms with E-state index in [0.717, 1.165) is 6.42 Å². The SMILES string of the molecule is O=C1C=CC(=O)C2=C1C=CCC=C2. The van der Waals surface area contributed by atoms with E-state index in [9.17, 15) is 9.59 Å². The molecule has 0 spiro atoms. The van der Waals surface area contributed by atoms with Crippen molar-refractivity contribution in [3.63, 3.8) is 0 Å². The summed E-state index contributed by atoms with van der Waals surface area (Å²) in [6.07, 6.45) is 10.6. The molecule has 2 aliphatic rings. The molecular formula is C11H8O2. The lowest BCUT2D eigenvalue weighted by molar-refractivity contribution is -0.114. The first-order valence-corrected chi connectivity index (χ1v) is 4.13. The van der Waals surface area contributed by atoms with Gasteiger partial charge >= 0.3 is 0 Å². The van der Waals surface area contributed by atoms with Crippen molar-refractivity contribution in [2.24, 2.45) is 0 Å². The quantitative estimate of drug-likeness (QED) is 0.519. The molecule has 0 heterocycles. The Bertz CT molecular complexity index is 356. The maximum atomic E-state index is 11.3. The van der Waals surface area contributed by atoms with Crippen LogP contribution in [0.2, 0.25) is 0 Å². The second kappa shape index (κ2) is 2.98. The van der Waals surface area contributed by atoms with Crippen molar-refractivity contribution in [3.05, 3.63) is 47.6 Å². The average molecular weight is 172 g/mol. The third kappa shape index (κ3) is 1.31. The molecule has 2 heteroatoms. The van der Waals surface area contributed by atoms with Crippen LogP contribution in [0.25, 0.3) is 0 Å². The third-order valence-electron chi connectivity index (χ3n) is 2.05. The van der Waals surface area contributed by atoms with E-state index >= 15 is 0 Å². The summed E-state index contributed by atoms with van der Waals surface area (Å²) in [5.74, 6) is -0.171. The van der Waals surface area contributed by atoms with Crippen LogP contribution in [0.3, 0.4) is 0 Å². The molecule has 0 unspecified atom stereocenters. The highest BCUT2D eigenvalue weighted by atomic mass is 16.1. The van der Waals surface area contributed by atoms with E-state index in [1.807, 2.05) is 12.2 Å². The Balaban J connectivity index is 2.57. The van der Waals surface area contributed by atoms with Crippen LogP contribution in [0.15, 0.2) is 47.6 Å². The van der Waals surface area contributed by atoms with Crippen LogP contribution in [-0.4, -0.2) is 11.6 Å². The van der Waals surface area contributed by atoms with Crippen LogP contribution in [0.1, 0.15) is 6.42 Å². The second-order valence-corrected chi connectivity index (χ2v) is 2.93. The lowest BCUT2D eigenvalue weighted by atomic mass is 9.95. The van der Waals surface area contributed by atoms with Crippen LogP contribution in [-0.2, 0) is 9.59 Å². The van der Waals surface area contributed by atoms with Crippen LogP contribution >= 0.6 is 0 Å². The number of rotatable bonds is 0. The summed E-state index contributed by atoms with van der Waals surface area (Å²) in [6.45, 7) is 0. The van der Waals surface area contributed by atoms with Gasteiger partial charge in [0.25, 0.3) is 0 Å². The van der Waals surface area contributed by atoms with E-state index in [-0.39, 0.29) is 11.6 Å². The monoisotopic (exact) mass is 172 g/mol. The molecule has 0 amide bonds. The molecule has 0 aliphatic heterocycles. The van der Waals surface area contributed by atoms with Crippen LogP contribution in [0, 0.1) is 0 Å². The van der Waals surface area contributed by atoms with Crippen molar-refractivity contribution in [1.29, 1.82) is 0 Å². The van der Waals surface area contributed by atoms with Gasteiger partial charge in [-0.05, 0) is 18.6 Å². The van der Waals surface area contributed by atoms with Gasteiger partial charge in [0.2, 0.25) is 0 Å². The highest BCUT2D eigenvalue weighted by molar-refractivity contribution is 6.22. The van der Waals surface area contributed by atoms with Gasteiger partial charge in [-0.2, -0.15) is 0 Å². The van der Waals surface area contributed by atoms with E-state index in [1.165, 1.54) is 12.2 Å². The van der Waals surface area contributed by atoms with Crippen molar-refractivity contribution in [2.45, 2.75) is 6.42 Å². The largest absolute Gasteiger partial charge is 0.289 e. The highest BCUT2D eigenvalue weighted by Crippen LogP contribution is 2.19. The topological polar surface area (TPSA) is 34.1 Å². The summed E-state index contributed by atoms with van der Waals surface area (Å²) in [7, 11) is 0. The highest BCUT2D eigenvalue weighted by Gasteiger charge is 2.18. The van der Waals surface area contributed by atoms with Crippen molar-refractivity contribution in [3.8, 4) is 0 Å². The molecule has 0 aromatic rings. The van der Waals surface area contributed by atoms with Crippen molar-refractivity contribution < 1.29 is 9.59 Å². The van der Waals surface area contributed by atoms with E-state index in [2.05, 4.69) is 0 Å². The molecule has 0 N–H and O–H groups in total. The minimum atomic E-state index is -0.0857. The molecule has 13 heavy (non-hydrogen) atoms. The molecule has 0 aromatic heterocycles. The van der Waals surface area contributed by atoms with Gasteiger partial charge in [-0.25, -0.2) is 0 Å². The number of carbonyl (C=O) groups is 2. The fourth-order valence-corrected chi connectivity index (χ4v) is 1.39. The number of allylic oxidation sites excluding steroid dienone is 8. The van der Waals surface area contributed by atoms with Gasteiger partial charge in [-0.1, -0.05) is 24.3 Å². The minimum Gasteiger partial charge on any atom is -0.289 e. The summed E-state index contributed by atoms with van der Waals surface area (Å²) in [5.41, 5.74) is 1.03. The Labute approximate surface area is 75.9 Å². The first-order valence-electron chi connectivity index (χ1n) is 4.13. The fourth-order valence-electron chi connectivity index (χ4n) is 1.39. The Morgan fingerprint density at radius 2 is 1.23 bits per heavy atom. The lowest BCUT2D eigenvalue weighted by Crippen LogP contribution is -2.11. The Kier molecular flexibility index (Phi) is 1.81. The predicted molar refractivity (Wildman–Crippen MR) is 49.1 cm³/mol. The fraction of sp³-hybridized carbons (Fsp3) is 0.0909. The molecule has 0 bridgehead atoms. The van der Waals surface area contributed by atoms with Gasteiger partial charge in [-0.3, -0.25) is 9.59 Å². The molecule has 0 radical (unpaired) electrons. The summed E-state index contributed by atoms with van der Waals surface area (Å²) >= 11 is 0. The maximum Gasteiger partial charge on any atom is 0.186 e. The smallest absolute Gasteiger partial charge is 0.186 e. The van der Waals surface area contributed by atoms with Gasteiger partial charge in [0.1, 0.15) is 0 Å². The molecule has 0 saturated heterocycles. The van der Waals surface area contributed by atoms with Crippen LogP contribution in [0.4, 0.5) is 0 Å². The standard InChI is InChI=1S/C11H8O2/c12-10-6-7-11(13)9-5-3-1-2-4-8(9)10/h2-7H,1H2. The average Bonchev–Trinajstić information content (AvgIpc) is 2.37. The number of hydrogen-bond acceptors (Lipinski definition) is 2. The molecule has 0 fully saturated rings. The molecule has 0 aromatic carbocycles. The molecule has 2 nitrogen and oxygen atoms in total. The molecule has 2 aliphatic carbocycles. The molecular weight excluding hydrogens is 164 g/mol. The maximum absolute atomic E-state index is 11.3. The Hall–Kier alpha value is -1.70. The van der Waals surface area contributed by atoms with E-state index in [1.54, 1.807) is 12.2 Å². The zero-order chi connectivity index (χ0) is 9.26. The molecule has 2 rings (SSSR count). The van der Waals surface area contributed by atoms with E-state index < -0.39 is 0 Å². The summed E-state index contributed by atoms with van der Waals surface area (Å²) in [4.78, 5) is 22.7. The predicted octanol–water partition coefficient (Wildman–Crippen LogP) is 1.51. The molecule has 64 valence electrons. The normalized spacial score (nSPS) is 20.6. The minimum absolute atomic E-state index is 0.0857. The van der Waals surface area contributed by atoms with Gasteiger partial charge in [0.05, 0.1) is 0 Å². The van der Waals surface area contributed by atoms with Crippen molar-refractivity contribution in [2.75, 3.05) is 0 Å². The number of ketones is 2. The summed E-state index contributed by atoms with van der Waals surface area (Å²) < 4.78 is 0. The first kappa shape index (κ1) is 7.92. The Morgan fingerprint density at radius 1 is 0.769 bits per heavy atom. The van der Waals surface area contributed by atoms with Crippen molar-refractivity contribution >= 4 is 11.6 Å². The van der Waals surface area contributed by atoms with Gasteiger partial charge in [-0.15, -0.1) is 0 Å². The van der Waals surface area contributed by atoms with Gasteiger partial charge < -0.3 is 0 Å². The van der Waals surface area contributed by atoms with Crippen LogP contribution < -0.4 is 0 Å². The third-order valence-corrected chi connectivity index (χ3v) is 2.05. The molecule has 0 saturated carbocycles. The van der Waals surface area contributed by atoms with Gasteiger partial charge in [0, 0.05) is 11.1 Å². The zero-order valence-electron chi connectivity index (χ0n) is 6.99. The summed E-state index contributed by atoms with van der Waals surface area (Å²) in [6, 6.07) is 0. The second-order valence-electron chi connectivity index (χ2n) is 2.93. The number of carbonyl (C=O) groups excluding carboxylic acids is 2. The Morgan fingerprint density at radius 3 is 1.69 bits per heavy atom. The van der Waals surface area contributed by atoms with Crippen molar-refractivity contribution in [1.82, 2.24) is 0 Å². The first-order chi connectivity index (χ1) is 6.29. The van der Waals surface area contributed by atoms with E-state index in [0.29, 0.717) is 11.1 Å². The lowest BCUT2D eigenvalue weighted by Gasteiger charge is -2.06. The zero-order valence-corrected chi connectivity index (χ0v) is 6.99. The number of hydrogen-bond donors (Lipinski definition) is 0. The molecule has 0 atom stereocenters. The van der Waals surface area contributed by atoms with Crippen LogP contribution in [0.5, 0.6) is 0 Å².